The van der Waals surface area contributed by atoms with Crippen molar-refractivity contribution in [3.8, 4) is 0 Å². The van der Waals surface area contributed by atoms with Crippen molar-refractivity contribution in [3.63, 3.8) is 0 Å². The number of para-hydroxylation sites is 1. The molecule has 0 unspecified atom stereocenters. The number of hydrogen-bond acceptors (Lipinski definition) is 5. The quantitative estimate of drug-likeness (QED) is 0.375. The Bertz CT molecular complexity index is 1040. The molecule has 0 aliphatic carbocycles. The second-order valence-electron chi connectivity index (χ2n) is 7.99. The van der Waals surface area contributed by atoms with Crippen molar-refractivity contribution in [1.82, 2.24) is 9.97 Å². The van der Waals surface area contributed by atoms with Gasteiger partial charge in [0.25, 0.3) is 0 Å². The summed E-state index contributed by atoms with van der Waals surface area (Å²) in [5.41, 5.74) is 1.72. The Hall–Kier alpha value is -2.51. The van der Waals surface area contributed by atoms with E-state index in [4.69, 9.17) is 4.74 Å². The molecule has 160 valence electrons. The number of H-pyrrole nitrogens is 1. The molecule has 1 aliphatic heterocycles. The number of aryl methyl sites for hydroxylation is 1. The van der Waals surface area contributed by atoms with Crippen molar-refractivity contribution in [2.75, 3.05) is 27.2 Å². The van der Waals surface area contributed by atoms with Crippen LogP contribution in [-0.2, 0) is 4.74 Å². The fourth-order valence-electron chi connectivity index (χ4n) is 3.63. The number of carbonyl (C=O) groups excluding carboxylic acids is 2. The van der Waals surface area contributed by atoms with Gasteiger partial charge in [-0.25, -0.2) is 9.78 Å². The second-order valence-corrected chi connectivity index (χ2v) is 9.19. The molecule has 1 aliphatic rings. The van der Waals surface area contributed by atoms with Gasteiger partial charge in [-0.05, 0) is 13.0 Å². The number of ketones is 1. The van der Waals surface area contributed by atoms with Crippen molar-refractivity contribution in [2.24, 2.45) is 0 Å². The Morgan fingerprint density at radius 3 is 2.53 bits per heavy atom. The molecule has 1 saturated heterocycles. The zero-order chi connectivity index (χ0) is 21.9. The number of carbonyl (C=O) groups is 2. The first-order valence-electron chi connectivity index (χ1n) is 10.5. The summed E-state index contributed by atoms with van der Waals surface area (Å²) in [7, 11) is 4.37. The number of rotatable bonds is 4. The molecule has 0 radical (unpaired) electrons. The Labute approximate surface area is 181 Å². The Morgan fingerprint density at radius 1 is 1.17 bits per heavy atom. The number of aromatic nitrogens is 2. The van der Waals surface area contributed by atoms with E-state index in [9.17, 15) is 9.59 Å². The standard InChI is InChI=1S/C21H23N3O3S.C2H6/c1-13-18(21(26)27-14-8-10-24(2,3)11-9-14)23-20(28-13)19(25)16-12-22-17-7-5-4-6-15(16)17;1-2/h4-7,12,14H,8-11H2,1-3H3;1-2H3/p+1. The third-order valence-corrected chi connectivity index (χ3v) is 6.37. The summed E-state index contributed by atoms with van der Waals surface area (Å²) in [5, 5.41) is 1.17. The van der Waals surface area contributed by atoms with Gasteiger partial charge in [0, 0.05) is 34.8 Å². The van der Waals surface area contributed by atoms with Crippen molar-refractivity contribution < 1.29 is 18.8 Å². The molecule has 7 heteroatoms. The van der Waals surface area contributed by atoms with Crippen LogP contribution in [0.2, 0.25) is 0 Å². The van der Waals surface area contributed by atoms with Gasteiger partial charge in [0.15, 0.2) is 10.7 Å². The minimum absolute atomic E-state index is 0.0764. The van der Waals surface area contributed by atoms with Crippen LogP contribution in [0.4, 0.5) is 0 Å². The number of fused-ring (bicyclic) bond motifs is 1. The van der Waals surface area contributed by atoms with Gasteiger partial charge < -0.3 is 14.2 Å². The highest BCUT2D eigenvalue weighted by Crippen LogP contribution is 2.26. The number of ether oxygens (including phenoxy) is 1. The molecule has 6 nitrogen and oxygen atoms in total. The number of esters is 1. The fourth-order valence-corrected chi connectivity index (χ4v) is 4.48. The monoisotopic (exact) mass is 428 g/mol. The molecular formula is C23H30N3O3S+. The van der Waals surface area contributed by atoms with E-state index in [1.807, 2.05) is 38.1 Å². The Balaban J connectivity index is 0.00000124. The average molecular weight is 429 g/mol. The molecule has 4 rings (SSSR count). The van der Waals surface area contributed by atoms with E-state index >= 15 is 0 Å². The molecule has 3 aromatic rings. The lowest BCUT2D eigenvalue weighted by Gasteiger charge is -2.36. The minimum atomic E-state index is -0.427. The van der Waals surface area contributed by atoms with Gasteiger partial charge in [-0.1, -0.05) is 32.0 Å². The van der Waals surface area contributed by atoms with E-state index in [-0.39, 0.29) is 17.6 Å². The predicted molar refractivity (Wildman–Crippen MR) is 120 cm³/mol. The molecule has 2 aromatic heterocycles. The van der Waals surface area contributed by atoms with Crippen molar-refractivity contribution in [2.45, 2.75) is 39.7 Å². The van der Waals surface area contributed by atoms with Crippen LogP contribution in [0.15, 0.2) is 30.5 Å². The van der Waals surface area contributed by atoms with E-state index in [1.165, 1.54) is 11.3 Å². The molecule has 1 N–H and O–H groups in total. The highest BCUT2D eigenvalue weighted by atomic mass is 32.1. The number of aromatic amines is 1. The summed E-state index contributed by atoms with van der Waals surface area (Å²) in [5.74, 6) is -0.606. The number of nitrogens with one attached hydrogen (secondary N) is 1. The minimum Gasteiger partial charge on any atom is -0.457 e. The van der Waals surface area contributed by atoms with Crippen molar-refractivity contribution in [3.05, 3.63) is 51.6 Å². The van der Waals surface area contributed by atoms with Gasteiger partial charge in [0.2, 0.25) is 5.78 Å². The molecular weight excluding hydrogens is 398 g/mol. The van der Waals surface area contributed by atoms with Crippen LogP contribution in [0.3, 0.4) is 0 Å². The summed E-state index contributed by atoms with van der Waals surface area (Å²) in [6.45, 7) is 7.78. The normalized spacial score (nSPS) is 16.0. The van der Waals surface area contributed by atoms with Gasteiger partial charge >= 0.3 is 5.97 Å². The molecule has 3 heterocycles. The maximum absolute atomic E-state index is 12.9. The van der Waals surface area contributed by atoms with E-state index in [1.54, 1.807) is 13.1 Å². The van der Waals surface area contributed by atoms with Crippen LogP contribution < -0.4 is 0 Å². The third-order valence-electron chi connectivity index (χ3n) is 5.40. The van der Waals surface area contributed by atoms with Gasteiger partial charge in [0.05, 0.1) is 32.7 Å². The van der Waals surface area contributed by atoms with Crippen molar-refractivity contribution in [1.29, 1.82) is 0 Å². The van der Waals surface area contributed by atoms with Gasteiger partial charge in [-0.2, -0.15) is 0 Å². The lowest BCUT2D eigenvalue weighted by Crippen LogP contribution is -2.48. The highest BCUT2D eigenvalue weighted by molar-refractivity contribution is 7.14. The van der Waals surface area contributed by atoms with Crippen LogP contribution in [0.25, 0.3) is 10.9 Å². The SMILES string of the molecule is CC.Cc1sc(C(=O)c2c[nH]c3ccccc23)nc1C(=O)OC1CC[N+](C)(C)CC1. The molecule has 0 amide bonds. The van der Waals surface area contributed by atoms with Crippen LogP contribution in [0.1, 0.15) is 57.4 Å². The van der Waals surface area contributed by atoms with Crippen LogP contribution >= 0.6 is 11.3 Å². The Kier molecular flexibility index (Phi) is 6.73. The van der Waals surface area contributed by atoms with E-state index in [0.717, 1.165) is 41.3 Å². The molecule has 1 aromatic carbocycles. The number of piperidine rings is 1. The van der Waals surface area contributed by atoms with Gasteiger partial charge in [-0.3, -0.25) is 4.79 Å². The summed E-state index contributed by atoms with van der Waals surface area (Å²) in [6, 6.07) is 7.64. The molecule has 0 atom stereocenters. The topological polar surface area (TPSA) is 72.0 Å². The Morgan fingerprint density at radius 2 is 1.83 bits per heavy atom. The van der Waals surface area contributed by atoms with Gasteiger partial charge in [0.1, 0.15) is 6.10 Å². The third kappa shape index (κ3) is 4.63. The number of benzene rings is 1. The largest absolute Gasteiger partial charge is 0.457 e. The van der Waals surface area contributed by atoms with Crippen LogP contribution in [0.5, 0.6) is 0 Å². The summed E-state index contributed by atoms with van der Waals surface area (Å²) in [6.07, 6.45) is 3.32. The number of nitrogens with zero attached hydrogens (tertiary/aromatic N) is 2. The average Bonchev–Trinajstić information content (AvgIpc) is 3.34. The number of hydrogen-bond donors (Lipinski definition) is 1. The van der Waals surface area contributed by atoms with Crippen molar-refractivity contribution >= 4 is 34.0 Å². The predicted octanol–water partition coefficient (Wildman–Crippen LogP) is 4.59. The maximum atomic E-state index is 12.9. The maximum Gasteiger partial charge on any atom is 0.358 e. The molecule has 0 spiro atoms. The first-order valence-corrected chi connectivity index (χ1v) is 11.3. The zero-order valence-corrected chi connectivity index (χ0v) is 19.1. The molecule has 0 bridgehead atoms. The number of likely N-dealkylation sites (tertiary alicyclic amines) is 1. The van der Waals surface area contributed by atoms with Crippen LogP contribution in [-0.4, -0.2) is 59.5 Å². The first kappa shape index (κ1) is 22.2. The van der Waals surface area contributed by atoms with E-state index in [2.05, 4.69) is 24.1 Å². The first-order chi connectivity index (χ1) is 14.3. The summed E-state index contributed by atoms with van der Waals surface area (Å²) < 4.78 is 6.63. The second kappa shape index (κ2) is 9.10. The lowest BCUT2D eigenvalue weighted by molar-refractivity contribution is -0.896. The summed E-state index contributed by atoms with van der Waals surface area (Å²) in [4.78, 5) is 33.7. The van der Waals surface area contributed by atoms with E-state index in [0.29, 0.717) is 15.4 Å². The smallest absolute Gasteiger partial charge is 0.358 e. The summed E-state index contributed by atoms with van der Waals surface area (Å²) >= 11 is 1.24. The molecule has 1 fully saturated rings. The molecule has 0 saturated carbocycles. The van der Waals surface area contributed by atoms with Crippen LogP contribution in [0, 0.1) is 6.92 Å². The lowest BCUT2D eigenvalue weighted by atomic mass is 10.1. The number of thiazole rings is 1. The van der Waals surface area contributed by atoms with E-state index < -0.39 is 5.97 Å². The molecule has 30 heavy (non-hydrogen) atoms. The fraction of sp³-hybridized carbons (Fsp3) is 0.435. The zero-order valence-electron chi connectivity index (χ0n) is 18.3. The van der Waals surface area contributed by atoms with Gasteiger partial charge in [-0.15, -0.1) is 11.3 Å². The highest BCUT2D eigenvalue weighted by Gasteiger charge is 2.30. The number of quaternary nitrogens is 1.